The average molecular weight is 595 g/mol. The van der Waals surface area contributed by atoms with Gasteiger partial charge in [-0.2, -0.15) is 5.10 Å². The Kier molecular flexibility index (Phi) is 9.18. The summed E-state index contributed by atoms with van der Waals surface area (Å²) >= 11 is 6.30. The van der Waals surface area contributed by atoms with Crippen LogP contribution in [0.4, 0.5) is 5.69 Å². The van der Waals surface area contributed by atoms with Gasteiger partial charge in [0.15, 0.2) is 23.0 Å². The maximum atomic E-state index is 6.30. The van der Waals surface area contributed by atoms with Gasteiger partial charge in [0.25, 0.3) is 0 Å². The molecule has 0 bridgehead atoms. The molecule has 3 aromatic carbocycles. The summed E-state index contributed by atoms with van der Waals surface area (Å²) in [6.07, 6.45) is 0.797. The van der Waals surface area contributed by atoms with Gasteiger partial charge in [-0.3, -0.25) is 9.58 Å². The van der Waals surface area contributed by atoms with Crippen molar-refractivity contribution in [3.63, 3.8) is 0 Å². The quantitative estimate of drug-likeness (QED) is 0.224. The predicted molar refractivity (Wildman–Crippen MR) is 166 cm³/mol. The maximum Gasteiger partial charge on any atom is 0.162 e. The van der Waals surface area contributed by atoms with Crippen molar-refractivity contribution in [1.29, 1.82) is 0 Å². The first-order valence-corrected chi connectivity index (χ1v) is 14.4. The molecule has 1 fully saturated rings. The molecule has 42 heavy (non-hydrogen) atoms. The van der Waals surface area contributed by atoms with E-state index >= 15 is 0 Å². The summed E-state index contributed by atoms with van der Waals surface area (Å²) in [7, 11) is 8.30. The summed E-state index contributed by atoms with van der Waals surface area (Å²) in [6.45, 7) is 6.48. The molecule has 1 unspecified atom stereocenters. The van der Waals surface area contributed by atoms with E-state index in [9.17, 15) is 0 Å². The largest absolute Gasteiger partial charge is 0.495 e. The van der Waals surface area contributed by atoms with Crippen LogP contribution in [0.3, 0.4) is 0 Å². The fraction of sp³-hybridized carbons (Fsp3) is 0.406. The Morgan fingerprint density at radius 3 is 2.02 bits per heavy atom. The third-order valence-corrected chi connectivity index (χ3v) is 8.26. The summed E-state index contributed by atoms with van der Waals surface area (Å²) < 4.78 is 29.9. The van der Waals surface area contributed by atoms with Gasteiger partial charge in [0.05, 0.1) is 59.0 Å². The number of hydrogen-bond acceptors (Lipinski definition) is 8. The Bertz CT molecular complexity index is 1530. The van der Waals surface area contributed by atoms with E-state index in [0.29, 0.717) is 34.6 Å². The number of methoxy groups -OCH3 is 5. The standard InChI is InChI=1S/C32H39ClN4O5/c1-21(35-11-13-36(14-12-35)27-17-23(33)8-10-28(27)38-2)15-25-24-18-31(41-5)32(42-6)19-26(24)37(34-25)20-22-7-9-29(39-3)30(16-22)40-4/h7-10,16-19,21H,11-15,20H2,1-6H3. The van der Waals surface area contributed by atoms with Gasteiger partial charge in [-0.1, -0.05) is 17.7 Å². The number of anilines is 1. The van der Waals surface area contributed by atoms with Crippen molar-refractivity contribution in [2.75, 3.05) is 66.6 Å². The molecule has 10 heteroatoms. The lowest BCUT2D eigenvalue weighted by molar-refractivity contribution is 0.195. The summed E-state index contributed by atoms with van der Waals surface area (Å²) in [5.74, 6) is 3.59. The number of ether oxygens (including phenoxy) is 5. The third kappa shape index (κ3) is 6.03. The lowest BCUT2D eigenvalue weighted by Crippen LogP contribution is -2.50. The molecule has 1 aliphatic rings. The highest BCUT2D eigenvalue weighted by Gasteiger charge is 2.25. The molecule has 224 valence electrons. The first-order valence-electron chi connectivity index (χ1n) is 14.0. The van der Waals surface area contributed by atoms with E-state index < -0.39 is 0 Å². The Balaban J connectivity index is 1.39. The lowest BCUT2D eigenvalue weighted by atomic mass is 10.1. The molecule has 4 aromatic rings. The predicted octanol–water partition coefficient (Wildman–Crippen LogP) is 5.53. The minimum absolute atomic E-state index is 0.286. The minimum atomic E-state index is 0.286. The number of benzene rings is 3. The second kappa shape index (κ2) is 13.0. The second-order valence-electron chi connectivity index (χ2n) is 10.4. The number of fused-ring (bicyclic) bond motifs is 1. The first kappa shape index (κ1) is 29.7. The van der Waals surface area contributed by atoms with Gasteiger partial charge in [0.2, 0.25) is 0 Å². The van der Waals surface area contributed by atoms with E-state index in [-0.39, 0.29) is 6.04 Å². The number of rotatable bonds is 11. The van der Waals surface area contributed by atoms with Gasteiger partial charge in [-0.05, 0) is 48.9 Å². The Morgan fingerprint density at radius 1 is 0.738 bits per heavy atom. The van der Waals surface area contributed by atoms with Crippen LogP contribution in [0.1, 0.15) is 18.2 Å². The van der Waals surface area contributed by atoms with E-state index in [1.54, 1.807) is 35.5 Å². The van der Waals surface area contributed by atoms with Crippen LogP contribution >= 0.6 is 11.6 Å². The van der Waals surface area contributed by atoms with E-state index in [2.05, 4.69) is 16.7 Å². The average Bonchev–Trinajstić information content (AvgIpc) is 3.35. The summed E-state index contributed by atoms with van der Waals surface area (Å²) in [5, 5.41) is 6.90. The van der Waals surface area contributed by atoms with E-state index in [1.807, 2.05) is 53.2 Å². The van der Waals surface area contributed by atoms with Crippen molar-refractivity contribution < 1.29 is 23.7 Å². The van der Waals surface area contributed by atoms with Crippen molar-refractivity contribution in [2.45, 2.75) is 25.9 Å². The molecule has 0 radical (unpaired) electrons. The molecular formula is C32H39ClN4O5. The molecule has 1 aromatic heterocycles. The third-order valence-electron chi connectivity index (χ3n) is 8.02. The molecule has 0 amide bonds. The molecule has 9 nitrogen and oxygen atoms in total. The zero-order chi connectivity index (χ0) is 29.8. The summed E-state index contributed by atoms with van der Waals surface area (Å²) in [5.41, 5.74) is 4.11. The molecule has 2 heterocycles. The van der Waals surface area contributed by atoms with Crippen LogP contribution in [-0.4, -0.2) is 82.5 Å². The highest BCUT2D eigenvalue weighted by Crippen LogP contribution is 2.36. The molecular weight excluding hydrogens is 556 g/mol. The molecule has 5 rings (SSSR count). The van der Waals surface area contributed by atoms with Gasteiger partial charge in [0, 0.05) is 55.1 Å². The van der Waals surface area contributed by atoms with Crippen LogP contribution in [0.5, 0.6) is 28.7 Å². The zero-order valence-electron chi connectivity index (χ0n) is 25.1. The van der Waals surface area contributed by atoms with Crippen molar-refractivity contribution in [1.82, 2.24) is 14.7 Å². The van der Waals surface area contributed by atoms with Crippen molar-refractivity contribution >= 4 is 28.2 Å². The van der Waals surface area contributed by atoms with Crippen LogP contribution in [0.2, 0.25) is 5.02 Å². The van der Waals surface area contributed by atoms with Gasteiger partial charge in [0.1, 0.15) is 5.75 Å². The fourth-order valence-corrected chi connectivity index (χ4v) is 5.88. The molecule has 0 saturated carbocycles. The maximum absolute atomic E-state index is 6.30. The van der Waals surface area contributed by atoms with Crippen LogP contribution in [0, 0.1) is 0 Å². The summed E-state index contributed by atoms with van der Waals surface area (Å²) in [6, 6.07) is 16.1. The Labute approximate surface area is 252 Å². The molecule has 1 atom stereocenters. The number of halogens is 1. The number of hydrogen-bond donors (Lipinski definition) is 0. The zero-order valence-corrected chi connectivity index (χ0v) is 25.9. The van der Waals surface area contributed by atoms with Crippen molar-refractivity contribution in [3.8, 4) is 28.7 Å². The van der Waals surface area contributed by atoms with E-state index in [1.165, 1.54) is 0 Å². The van der Waals surface area contributed by atoms with Crippen molar-refractivity contribution in [3.05, 3.63) is 64.8 Å². The smallest absolute Gasteiger partial charge is 0.162 e. The van der Waals surface area contributed by atoms with Gasteiger partial charge >= 0.3 is 0 Å². The molecule has 1 aliphatic heterocycles. The topological polar surface area (TPSA) is 70.5 Å². The first-order chi connectivity index (χ1) is 20.4. The highest BCUT2D eigenvalue weighted by molar-refractivity contribution is 6.30. The number of nitrogens with zero attached hydrogens (tertiary/aromatic N) is 4. The minimum Gasteiger partial charge on any atom is -0.495 e. The normalized spacial score (nSPS) is 14.6. The van der Waals surface area contributed by atoms with E-state index in [4.69, 9.17) is 40.4 Å². The Hall–Kier alpha value is -3.82. The van der Waals surface area contributed by atoms with Crippen LogP contribution in [0.25, 0.3) is 10.9 Å². The van der Waals surface area contributed by atoms with Gasteiger partial charge in [-0.25, -0.2) is 0 Å². The van der Waals surface area contributed by atoms with Crippen LogP contribution < -0.4 is 28.6 Å². The molecule has 1 saturated heterocycles. The van der Waals surface area contributed by atoms with Crippen molar-refractivity contribution in [2.24, 2.45) is 0 Å². The van der Waals surface area contributed by atoms with Crippen LogP contribution in [0.15, 0.2) is 48.5 Å². The van der Waals surface area contributed by atoms with Gasteiger partial charge in [-0.15, -0.1) is 0 Å². The molecule has 0 spiro atoms. The highest BCUT2D eigenvalue weighted by atomic mass is 35.5. The second-order valence-corrected chi connectivity index (χ2v) is 10.8. The number of aromatic nitrogens is 2. The molecule has 0 N–H and O–H groups in total. The lowest BCUT2D eigenvalue weighted by Gasteiger charge is -2.39. The monoisotopic (exact) mass is 594 g/mol. The number of piperazine rings is 1. The van der Waals surface area contributed by atoms with Gasteiger partial charge < -0.3 is 28.6 Å². The SMILES string of the molecule is COc1ccc(Cn2nc(CC(C)N3CCN(c4cc(Cl)ccc4OC)CC3)c3cc(OC)c(OC)cc32)cc1OC. The summed E-state index contributed by atoms with van der Waals surface area (Å²) in [4.78, 5) is 4.87. The van der Waals surface area contributed by atoms with E-state index in [0.717, 1.165) is 66.2 Å². The molecule has 0 aliphatic carbocycles. The van der Waals surface area contributed by atoms with Crippen LogP contribution in [-0.2, 0) is 13.0 Å². The Morgan fingerprint density at radius 2 is 1.36 bits per heavy atom. The fourth-order valence-electron chi connectivity index (χ4n) is 5.71.